The fraction of sp³-hybridized carbons (Fsp3) is 0.150. The van der Waals surface area contributed by atoms with Crippen LogP contribution in [0.5, 0.6) is 11.5 Å². The van der Waals surface area contributed by atoms with Crippen LogP contribution in [-0.4, -0.2) is 34.6 Å². The molecule has 150 valence electrons. The fourth-order valence-electron chi connectivity index (χ4n) is 2.83. The number of fused-ring (bicyclic) bond motifs is 1. The van der Waals surface area contributed by atoms with Gasteiger partial charge in [0.1, 0.15) is 17.4 Å². The molecule has 0 saturated heterocycles. The predicted molar refractivity (Wildman–Crippen MR) is 112 cm³/mol. The predicted octanol–water partition coefficient (Wildman–Crippen LogP) is 3.60. The molecule has 2 aromatic carbocycles. The van der Waals surface area contributed by atoms with Crippen molar-refractivity contribution in [2.75, 3.05) is 29.9 Å². The van der Waals surface area contributed by atoms with Gasteiger partial charge in [0.05, 0.1) is 5.69 Å². The molecule has 0 bridgehead atoms. The number of thiophene rings is 1. The summed E-state index contributed by atoms with van der Waals surface area (Å²) >= 11 is 1.16. The van der Waals surface area contributed by atoms with Crippen LogP contribution in [0.15, 0.2) is 64.2 Å². The summed E-state index contributed by atoms with van der Waals surface area (Å²) in [4.78, 5) is 12.5. The van der Waals surface area contributed by atoms with Crippen molar-refractivity contribution in [1.29, 1.82) is 0 Å². The van der Waals surface area contributed by atoms with Gasteiger partial charge in [-0.1, -0.05) is 6.07 Å². The smallest absolute Gasteiger partial charge is 0.273 e. The van der Waals surface area contributed by atoms with Crippen LogP contribution < -0.4 is 19.1 Å². The highest BCUT2D eigenvalue weighted by molar-refractivity contribution is 7.94. The molecule has 1 aliphatic rings. The number of hydrogen-bond donors (Lipinski definition) is 1. The van der Waals surface area contributed by atoms with Crippen molar-refractivity contribution in [3.63, 3.8) is 0 Å². The Morgan fingerprint density at radius 3 is 2.45 bits per heavy atom. The standard InChI is InChI=1S/C20H18N2O5S2/c1-22(29(24,25)19-3-2-12-28-19)16-7-4-14(5-8-16)20(23)21-15-6-9-17-18(13-15)27-11-10-26-17/h2-9,12-13H,10-11H2,1H3,(H,21,23). The van der Waals surface area contributed by atoms with Crippen LogP contribution in [0.1, 0.15) is 10.4 Å². The summed E-state index contributed by atoms with van der Waals surface area (Å²) in [5.74, 6) is 0.926. The maximum absolute atomic E-state index is 12.6. The molecule has 2 heterocycles. The Balaban J connectivity index is 1.48. The van der Waals surface area contributed by atoms with E-state index in [1.807, 2.05) is 0 Å². The molecule has 0 radical (unpaired) electrons. The van der Waals surface area contributed by atoms with E-state index in [1.54, 1.807) is 60.0 Å². The Bertz CT molecular complexity index is 1130. The molecule has 4 rings (SSSR count). The highest BCUT2D eigenvalue weighted by Crippen LogP contribution is 2.33. The lowest BCUT2D eigenvalue weighted by molar-refractivity contribution is 0.102. The summed E-state index contributed by atoms with van der Waals surface area (Å²) in [7, 11) is -2.13. The number of amides is 1. The zero-order valence-corrected chi connectivity index (χ0v) is 17.1. The van der Waals surface area contributed by atoms with Crippen LogP contribution in [0, 0.1) is 0 Å². The second kappa shape index (κ2) is 7.76. The molecule has 1 N–H and O–H groups in total. The van der Waals surface area contributed by atoms with Crippen LogP contribution in [0.2, 0.25) is 0 Å². The molecule has 3 aromatic rings. The van der Waals surface area contributed by atoms with E-state index in [1.165, 1.54) is 11.4 Å². The minimum Gasteiger partial charge on any atom is -0.486 e. The van der Waals surface area contributed by atoms with Gasteiger partial charge in [-0.2, -0.15) is 0 Å². The lowest BCUT2D eigenvalue weighted by Gasteiger charge is -2.19. The summed E-state index contributed by atoms with van der Waals surface area (Å²) in [6.07, 6.45) is 0. The SMILES string of the molecule is CN(c1ccc(C(=O)Nc2ccc3c(c2)OCCO3)cc1)S(=O)(=O)c1cccs1. The molecule has 0 unspecified atom stereocenters. The van der Waals surface area contributed by atoms with Crippen molar-refractivity contribution < 1.29 is 22.7 Å². The number of carbonyl (C=O) groups is 1. The lowest BCUT2D eigenvalue weighted by Crippen LogP contribution is -2.25. The van der Waals surface area contributed by atoms with E-state index in [9.17, 15) is 13.2 Å². The number of sulfonamides is 1. The molecule has 0 spiro atoms. The van der Waals surface area contributed by atoms with Gasteiger partial charge in [0, 0.05) is 24.4 Å². The van der Waals surface area contributed by atoms with Crippen molar-refractivity contribution in [3.05, 3.63) is 65.5 Å². The van der Waals surface area contributed by atoms with Crippen LogP contribution in [0.4, 0.5) is 11.4 Å². The average molecular weight is 431 g/mol. The topological polar surface area (TPSA) is 84.9 Å². The molecular weight excluding hydrogens is 412 g/mol. The first-order valence-corrected chi connectivity index (χ1v) is 11.1. The first-order chi connectivity index (χ1) is 13.9. The molecule has 0 saturated carbocycles. The van der Waals surface area contributed by atoms with Gasteiger partial charge in [-0.3, -0.25) is 9.10 Å². The number of nitrogens with zero attached hydrogens (tertiary/aromatic N) is 1. The van der Waals surface area contributed by atoms with Crippen LogP contribution in [0.3, 0.4) is 0 Å². The van der Waals surface area contributed by atoms with Gasteiger partial charge in [-0.25, -0.2) is 8.42 Å². The Kier molecular flexibility index (Phi) is 5.16. The van der Waals surface area contributed by atoms with Crippen molar-refractivity contribution in [1.82, 2.24) is 0 Å². The van der Waals surface area contributed by atoms with E-state index < -0.39 is 10.0 Å². The summed E-state index contributed by atoms with van der Waals surface area (Å²) in [6.45, 7) is 0.968. The van der Waals surface area contributed by atoms with E-state index in [-0.39, 0.29) is 10.1 Å². The van der Waals surface area contributed by atoms with Crippen LogP contribution >= 0.6 is 11.3 Å². The van der Waals surface area contributed by atoms with Gasteiger partial charge in [-0.15, -0.1) is 11.3 Å². The van der Waals surface area contributed by atoms with Crippen molar-refractivity contribution in [2.24, 2.45) is 0 Å². The molecule has 1 aromatic heterocycles. The quantitative estimate of drug-likeness (QED) is 0.669. The number of benzene rings is 2. The zero-order chi connectivity index (χ0) is 20.4. The summed E-state index contributed by atoms with van der Waals surface area (Å²) in [6, 6.07) is 14.8. The van der Waals surface area contributed by atoms with Gasteiger partial charge < -0.3 is 14.8 Å². The van der Waals surface area contributed by atoms with Crippen molar-refractivity contribution >= 4 is 38.6 Å². The summed E-state index contributed by atoms with van der Waals surface area (Å²) < 4.78 is 37.7. The maximum Gasteiger partial charge on any atom is 0.273 e. The highest BCUT2D eigenvalue weighted by atomic mass is 32.2. The molecule has 7 nitrogen and oxygen atoms in total. The van der Waals surface area contributed by atoms with E-state index >= 15 is 0 Å². The first-order valence-electron chi connectivity index (χ1n) is 8.79. The summed E-state index contributed by atoms with van der Waals surface area (Å²) in [5, 5.41) is 4.52. The number of carbonyl (C=O) groups excluding carboxylic acids is 1. The fourth-order valence-corrected chi connectivity index (χ4v) is 5.19. The Morgan fingerprint density at radius 2 is 1.76 bits per heavy atom. The molecule has 9 heteroatoms. The third-order valence-electron chi connectivity index (χ3n) is 4.40. The molecule has 0 fully saturated rings. The number of nitrogens with one attached hydrogen (secondary N) is 1. The second-order valence-corrected chi connectivity index (χ2v) is 9.41. The zero-order valence-electron chi connectivity index (χ0n) is 15.5. The van der Waals surface area contributed by atoms with Crippen LogP contribution in [-0.2, 0) is 10.0 Å². The van der Waals surface area contributed by atoms with Gasteiger partial charge in [0.15, 0.2) is 11.5 Å². The normalized spacial score (nSPS) is 13.0. The van der Waals surface area contributed by atoms with Crippen LogP contribution in [0.25, 0.3) is 0 Å². The Hall–Kier alpha value is -3.04. The monoisotopic (exact) mass is 430 g/mol. The summed E-state index contributed by atoms with van der Waals surface area (Å²) in [5.41, 5.74) is 1.46. The van der Waals surface area contributed by atoms with Gasteiger partial charge in [-0.05, 0) is 47.8 Å². The minimum absolute atomic E-state index is 0.264. The van der Waals surface area contributed by atoms with Gasteiger partial charge in [0.2, 0.25) is 0 Å². The number of anilines is 2. The average Bonchev–Trinajstić information content (AvgIpc) is 3.29. The van der Waals surface area contributed by atoms with Crippen molar-refractivity contribution in [3.8, 4) is 11.5 Å². The van der Waals surface area contributed by atoms with E-state index in [2.05, 4.69) is 5.32 Å². The molecule has 29 heavy (non-hydrogen) atoms. The molecule has 1 amide bonds. The molecule has 0 atom stereocenters. The number of rotatable bonds is 5. The highest BCUT2D eigenvalue weighted by Gasteiger charge is 2.22. The molecule has 0 aliphatic carbocycles. The Labute approximate surface area is 172 Å². The first kappa shape index (κ1) is 19.3. The molecule has 1 aliphatic heterocycles. The van der Waals surface area contributed by atoms with Crippen molar-refractivity contribution in [2.45, 2.75) is 4.21 Å². The number of ether oxygens (including phenoxy) is 2. The maximum atomic E-state index is 12.6. The van der Waals surface area contributed by atoms with Gasteiger partial charge >= 0.3 is 0 Å². The third kappa shape index (κ3) is 3.92. The Morgan fingerprint density at radius 1 is 1.03 bits per heavy atom. The lowest BCUT2D eigenvalue weighted by atomic mass is 10.2. The molecular formula is C20H18N2O5S2. The van der Waals surface area contributed by atoms with E-state index in [0.29, 0.717) is 41.7 Å². The minimum atomic E-state index is -3.61. The van der Waals surface area contributed by atoms with E-state index in [4.69, 9.17) is 9.47 Å². The van der Waals surface area contributed by atoms with E-state index in [0.717, 1.165) is 11.3 Å². The second-order valence-electron chi connectivity index (χ2n) is 6.26. The number of hydrogen-bond acceptors (Lipinski definition) is 6. The largest absolute Gasteiger partial charge is 0.486 e. The van der Waals surface area contributed by atoms with Gasteiger partial charge in [0.25, 0.3) is 15.9 Å². The third-order valence-corrected chi connectivity index (χ3v) is 7.56.